The van der Waals surface area contributed by atoms with E-state index in [1.54, 1.807) is 9.58 Å². The molecule has 0 radical (unpaired) electrons. The zero-order chi connectivity index (χ0) is 16.6. The number of carbonyl (C=O) groups is 1. The van der Waals surface area contributed by atoms with Gasteiger partial charge in [-0.05, 0) is 32.9 Å². The van der Waals surface area contributed by atoms with Crippen LogP contribution in [-0.2, 0) is 13.0 Å². The number of aromatic nitrogens is 2. The lowest BCUT2D eigenvalue weighted by Crippen LogP contribution is -2.50. The maximum atomic E-state index is 12.6. The first-order valence-corrected chi connectivity index (χ1v) is 7.80. The minimum Gasteiger partial charge on any atom is -0.333 e. The third-order valence-corrected chi connectivity index (χ3v) is 3.84. The van der Waals surface area contributed by atoms with Crippen LogP contribution in [0.25, 0.3) is 5.69 Å². The molecule has 0 bridgehead atoms. The molecule has 2 amide bonds. The van der Waals surface area contributed by atoms with Crippen LogP contribution < -0.4 is 10.9 Å². The van der Waals surface area contributed by atoms with Gasteiger partial charge in [0.05, 0.1) is 17.8 Å². The van der Waals surface area contributed by atoms with E-state index in [0.29, 0.717) is 25.1 Å². The molecule has 122 valence electrons. The molecule has 23 heavy (non-hydrogen) atoms. The Balaban J connectivity index is 1.86. The minimum absolute atomic E-state index is 0.0838. The minimum atomic E-state index is -0.292. The molecule has 3 rings (SSSR count). The van der Waals surface area contributed by atoms with Crippen molar-refractivity contribution < 1.29 is 4.79 Å². The quantitative estimate of drug-likeness (QED) is 0.845. The van der Waals surface area contributed by atoms with Crippen LogP contribution in [0.4, 0.5) is 4.79 Å². The molecular formula is C17H22N4O2. The third-order valence-electron chi connectivity index (χ3n) is 3.84. The number of nitrogens with one attached hydrogen (secondary N) is 2. The van der Waals surface area contributed by atoms with Crippen molar-refractivity contribution in [2.45, 2.75) is 39.3 Å². The number of aromatic amines is 1. The lowest BCUT2D eigenvalue weighted by molar-refractivity contribution is 0.183. The highest BCUT2D eigenvalue weighted by Gasteiger charge is 2.27. The van der Waals surface area contributed by atoms with Gasteiger partial charge in [0.25, 0.3) is 5.56 Å². The summed E-state index contributed by atoms with van der Waals surface area (Å²) in [5, 5.41) is 6.12. The Kier molecular flexibility index (Phi) is 3.75. The van der Waals surface area contributed by atoms with Crippen molar-refractivity contribution in [2.24, 2.45) is 0 Å². The van der Waals surface area contributed by atoms with E-state index < -0.39 is 0 Å². The summed E-state index contributed by atoms with van der Waals surface area (Å²) in [6, 6.07) is 9.33. The highest BCUT2D eigenvalue weighted by Crippen LogP contribution is 2.16. The van der Waals surface area contributed by atoms with Crippen LogP contribution >= 0.6 is 0 Å². The summed E-state index contributed by atoms with van der Waals surface area (Å²) in [5.41, 5.74) is 2.01. The molecule has 0 saturated carbocycles. The Bertz CT molecular complexity index is 768. The lowest BCUT2D eigenvalue weighted by atomic mass is 10.1. The van der Waals surface area contributed by atoms with E-state index in [4.69, 9.17) is 0 Å². The number of urea groups is 1. The van der Waals surface area contributed by atoms with Gasteiger partial charge in [0.2, 0.25) is 0 Å². The first kappa shape index (κ1) is 15.4. The van der Waals surface area contributed by atoms with E-state index in [9.17, 15) is 9.59 Å². The number of nitrogens with zero attached hydrogens (tertiary/aromatic N) is 2. The number of amides is 2. The molecule has 0 saturated heterocycles. The van der Waals surface area contributed by atoms with Crippen molar-refractivity contribution in [3.63, 3.8) is 0 Å². The van der Waals surface area contributed by atoms with Crippen molar-refractivity contribution in [1.82, 2.24) is 20.0 Å². The zero-order valence-electron chi connectivity index (χ0n) is 13.7. The molecule has 6 nitrogen and oxygen atoms in total. The van der Waals surface area contributed by atoms with E-state index in [-0.39, 0.29) is 17.1 Å². The van der Waals surface area contributed by atoms with Crippen molar-refractivity contribution in [1.29, 1.82) is 0 Å². The SMILES string of the molecule is CC(C)(C)NC(=O)N1CCc2[nH]n(-c3ccccc3)c(=O)c2C1. The summed E-state index contributed by atoms with van der Waals surface area (Å²) in [6.45, 7) is 6.77. The van der Waals surface area contributed by atoms with Crippen LogP contribution in [-0.4, -0.2) is 32.8 Å². The predicted octanol–water partition coefficient (Wildman–Crippen LogP) is 2.03. The highest BCUT2D eigenvalue weighted by atomic mass is 16.2. The van der Waals surface area contributed by atoms with E-state index in [0.717, 1.165) is 11.4 Å². The molecule has 1 aliphatic rings. The Hall–Kier alpha value is -2.50. The number of para-hydroxylation sites is 1. The molecule has 0 spiro atoms. The van der Waals surface area contributed by atoms with E-state index in [1.807, 2.05) is 51.1 Å². The smallest absolute Gasteiger partial charge is 0.318 e. The topological polar surface area (TPSA) is 70.1 Å². The molecular weight excluding hydrogens is 292 g/mol. The maximum absolute atomic E-state index is 12.6. The molecule has 2 heterocycles. The average Bonchev–Trinajstić information content (AvgIpc) is 2.83. The van der Waals surface area contributed by atoms with E-state index in [1.165, 1.54) is 0 Å². The van der Waals surface area contributed by atoms with Crippen LogP contribution in [0.5, 0.6) is 0 Å². The zero-order valence-corrected chi connectivity index (χ0v) is 13.7. The second-order valence-electron chi connectivity index (χ2n) is 6.90. The molecule has 2 aromatic rings. The summed E-state index contributed by atoms with van der Waals surface area (Å²) < 4.78 is 1.55. The van der Waals surface area contributed by atoms with E-state index in [2.05, 4.69) is 10.4 Å². The van der Waals surface area contributed by atoms with Gasteiger partial charge in [-0.25, -0.2) is 9.48 Å². The molecule has 6 heteroatoms. The number of hydrogen-bond donors (Lipinski definition) is 2. The largest absolute Gasteiger partial charge is 0.333 e. The summed E-state index contributed by atoms with van der Waals surface area (Å²) in [4.78, 5) is 26.6. The van der Waals surface area contributed by atoms with Crippen molar-refractivity contribution in [2.75, 3.05) is 6.54 Å². The normalized spacial score (nSPS) is 14.5. The Morgan fingerprint density at radius 1 is 1.22 bits per heavy atom. The first-order chi connectivity index (χ1) is 10.8. The molecule has 0 unspecified atom stereocenters. The van der Waals surface area contributed by atoms with Crippen molar-refractivity contribution in [3.05, 3.63) is 51.9 Å². The third kappa shape index (κ3) is 3.16. The van der Waals surface area contributed by atoms with Gasteiger partial charge in [-0.3, -0.25) is 9.89 Å². The van der Waals surface area contributed by atoms with Crippen LogP contribution in [0.2, 0.25) is 0 Å². The molecule has 1 aromatic carbocycles. The molecule has 2 N–H and O–H groups in total. The van der Waals surface area contributed by atoms with Gasteiger partial charge in [0.1, 0.15) is 0 Å². The monoisotopic (exact) mass is 314 g/mol. The van der Waals surface area contributed by atoms with E-state index >= 15 is 0 Å². The number of benzene rings is 1. The number of rotatable bonds is 1. The summed E-state index contributed by atoms with van der Waals surface area (Å²) in [7, 11) is 0. The fourth-order valence-electron chi connectivity index (χ4n) is 2.74. The van der Waals surface area contributed by atoms with Crippen LogP contribution in [0, 0.1) is 0 Å². The summed E-state index contributed by atoms with van der Waals surface area (Å²) in [5.74, 6) is 0. The Labute approximate surface area is 135 Å². The Morgan fingerprint density at radius 2 is 1.91 bits per heavy atom. The second-order valence-corrected chi connectivity index (χ2v) is 6.90. The molecule has 1 aromatic heterocycles. The van der Waals surface area contributed by atoms with Gasteiger partial charge in [-0.2, -0.15) is 0 Å². The van der Waals surface area contributed by atoms with Gasteiger partial charge in [0, 0.05) is 24.2 Å². The van der Waals surface area contributed by atoms with Gasteiger partial charge >= 0.3 is 6.03 Å². The predicted molar refractivity (Wildman–Crippen MR) is 88.8 cm³/mol. The van der Waals surface area contributed by atoms with Gasteiger partial charge in [-0.1, -0.05) is 18.2 Å². The standard InChI is InChI=1S/C17H22N4O2/c1-17(2,3)18-16(23)20-10-9-14-13(11-20)15(22)21(19-14)12-7-5-4-6-8-12/h4-8,19H,9-11H2,1-3H3,(H,18,23). The molecule has 0 aliphatic carbocycles. The molecule has 0 atom stereocenters. The lowest BCUT2D eigenvalue weighted by Gasteiger charge is -2.30. The first-order valence-electron chi connectivity index (χ1n) is 7.80. The van der Waals surface area contributed by atoms with Gasteiger partial charge in [0.15, 0.2) is 0 Å². The fourth-order valence-corrected chi connectivity index (χ4v) is 2.74. The molecule has 1 aliphatic heterocycles. The highest BCUT2D eigenvalue weighted by molar-refractivity contribution is 5.75. The number of H-pyrrole nitrogens is 1. The number of hydrogen-bond acceptors (Lipinski definition) is 2. The van der Waals surface area contributed by atoms with Crippen molar-refractivity contribution in [3.8, 4) is 5.69 Å². The number of fused-ring (bicyclic) bond motifs is 1. The summed E-state index contributed by atoms with van der Waals surface area (Å²) >= 11 is 0. The maximum Gasteiger partial charge on any atom is 0.318 e. The van der Waals surface area contributed by atoms with Gasteiger partial charge in [-0.15, -0.1) is 0 Å². The second kappa shape index (κ2) is 5.61. The van der Waals surface area contributed by atoms with Gasteiger partial charge < -0.3 is 10.2 Å². The molecule has 0 fully saturated rings. The summed E-state index contributed by atoms with van der Waals surface area (Å²) in [6.07, 6.45) is 0.655. The van der Waals surface area contributed by atoms with Crippen LogP contribution in [0.15, 0.2) is 35.1 Å². The number of carbonyl (C=O) groups excluding carboxylic acids is 1. The fraction of sp³-hybridized carbons (Fsp3) is 0.412. The van der Waals surface area contributed by atoms with Crippen molar-refractivity contribution >= 4 is 6.03 Å². The Morgan fingerprint density at radius 3 is 2.57 bits per heavy atom. The van der Waals surface area contributed by atoms with Crippen LogP contribution in [0.1, 0.15) is 32.0 Å². The average molecular weight is 314 g/mol. The van der Waals surface area contributed by atoms with Crippen LogP contribution in [0.3, 0.4) is 0 Å².